The van der Waals surface area contributed by atoms with E-state index in [1.807, 2.05) is 24.6 Å². The molecule has 2 N–H and O–H groups in total. The van der Waals surface area contributed by atoms with E-state index in [1.54, 1.807) is 18.2 Å². The Bertz CT molecular complexity index is 634. The van der Waals surface area contributed by atoms with Gasteiger partial charge in [0.2, 0.25) is 0 Å². The van der Waals surface area contributed by atoms with E-state index in [0.717, 1.165) is 24.4 Å². The molecule has 106 valence electrons. The minimum absolute atomic E-state index is 0.0172. The molecule has 0 amide bonds. The van der Waals surface area contributed by atoms with E-state index in [1.165, 1.54) is 0 Å². The first-order chi connectivity index (χ1) is 9.55. The molecule has 0 bridgehead atoms. The Morgan fingerprint density at radius 3 is 2.70 bits per heavy atom. The number of carbonyl (C=O) groups is 1. The highest BCUT2D eigenvalue weighted by Gasteiger charge is 2.14. The van der Waals surface area contributed by atoms with Crippen LogP contribution < -0.4 is 5.73 Å². The number of nitrogens with zero attached hydrogens (tertiary/aromatic N) is 2. The van der Waals surface area contributed by atoms with Gasteiger partial charge in [-0.2, -0.15) is 5.10 Å². The fourth-order valence-electron chi connectivity index (χ4n) is 2.15. The van der Waals surface area contributed by atoms with Crippen LogP contribution in [-0.4, -0.2) is 15.6 Å². The number of carbonyl (C=O) groups excluding carboxylic acids is 1. The van der Waals surface area contributed by atoms with Gasteiger partial charge in [-0.05, 0) is 37.6 Å². The van der Waals surface area contributed by atoms with Crippen LogP contribution in [0.15, 0.2) is 24.3 Å². The third kappa shape index (κ3) is 3.02. The number of benzene rings is 1. The number of halogens is 1. The Morgan fingerprint density at radius 1 is 1.35 bits per heavy atom. The molecule has 4 nitrogen and oxygen atoms in total. The molecule has 0 aliphatic heterocycles. The van der Waals surface area contributed by atoms with E-state index in [-0.39, 0.29) is 5.78 Å². The highest BCUT2D eigenvalue weighted by atomic mass is 35.5. The molecule has 0 saturated carbocycles. The van der Waals surface area contributed by atoms with Gasteiger partial charge in [0, 0.05) is 28.5 Å². The highest BCUT2D eigenvalue weighted by molar-refractivity contribution is 6.31. The molecule has 1 aromatic heterocycles. The number of rotatable bonds is 5. The molecule has 0 aliphatic rings. The van der Waals surface area contributed by atoms with Gasteiger partial charge in [-0.3, -0.25) is 9.48 Å². The average molecular weight is 292 g/mol. The minimum atomic E-state index is -0.0172. The maximum atomic E-state index is 12.3. The fourth-order valence-corrected chi connectivity index (χ4v) is 2.33. The van der Waals surface area contributed by atoms with Crippen LogP contribution in [0.25, 0.3) is 0 Å². The Morgan fingerprint density at radius 2 is 2.10 bits per heavy atom. The molecule has 1 heterocycles. The van der Waals surface area contributed by atoms with Crippen molar-refractivity contribution in [1.82, 2.24) is 9.78 Å². The highest BCUT2D eigenvalue weighted by Crippen LogP contribution is 2.20. The molecular weight excluding hydrogens is 274 g/mol. The Labute approximate surface area is 123 Å². The van der Waals surface area contributed by atoms with Gasteiger partial charge in [-0.25, -0.2) is 0 Å². The molecule has 20 heavy (non-hydrogen) atoms. The van der Waals surface area contributed by atoms with Crippen LogP contribution in [0.1, 0.15) is 35.6 Å². The second-order valence-electron chi connectivity index (χ2n) is 4.63. The topological polar surface area (TPSA) is 60.9 Å². The zero-order valence-electron chi connectivity index (χ0n) is 11.7. The number of aromatic nitrogens is 2. The Kier molecular flexibility index (Phi) is 4.45. The van der Waals surface area contributed by atoms with Crippen LogP contribution >= 0.6 is 11.6 Å². The number of nitrogens with two attached hydrogens (primary N) is 1. The zero-order chi connectivity index (χ0) is 14.7. The van der Waals surface area contributed by atoms with Crippen molar-refractivity contribution in [2.75, 3.05) is 5.73 Å². The summed E-state index contributed by atoms with van der Waals surface area (Å²) in [6, 6.07) is 6.93. The number of Topliss-reactive ketones (excluding diaryl/α,β-unsaturated/α-hetero) is 1. The Hall–Kier alpha value is -1.81. The summed E-state index contributed by atoms with van der Waals surface area (Å²) in [5, 5.41) is 4.98. The van der Waals surface area contributed by atoms with Gasteiger partial charge in [-0.1, -0.05) is 18.5 Å². The number of hydrogen-bond donors (Lipinski definition) is 1. The van der Waals surface area contributed by atoms with Crippen LogP contribution in [0.5, 0.6) is 0 Å². The van der Waals surface area contributed by atoms with Crippen molar-refractivity contribution in [2.24, 2.45) is 0 Å². The first kappa shape index (κ1) is 14.6. The molecule has 0 saturated heterocycles. The molecule has 0 atom stereocenters. The predicted octanol–water partition coefficient (Wildman–Crippen LogP) is 3.13. The molecule has 0 aliphatic carbocycles. The summed E-state index contributed by atoms with van der Waals surface area (Å²) < 4.78 is 1.86. The summed E-state index contributed by atoms with van der Waals surface area (Å²) in [6.07, 6.45) is 1.16. The fraction of sp³-hybridized carbons (Fsp3) is 0.333. The van der Waals surface area contributed by atoms with Crippen LogP contribution in [0, 0.1) is 0 Å². The van der Waals surface area contributed by atoms with Crippen LogP contribution in [0.2, 0.25) is 5.02 Å². The summed E-state index contributed by atoms with van der Waals surface area (Å²) in [5.41, 5.74) is 8.70. The molecule has 1 aromatic carbocycles. The summed E-state index contributed by atoms with van der Waals surface area (Å²) in [6.45, 7) is 4.81. The lowest BCUT2D eigenvalue weighted by Gasteiger charge is -2.06. The summed E-state index contributed by atoms with van der Waals surface area (Å²) >= 11 is 5.85. The van der Waals surface area contributed by atoms with E-state index in [2.05, 4.69) is 5.10 Å². The van der Waals surface area contributed by atoms with Crippen molar-refractivity contribution in [3.8, 4) is 0 Å². The summed E-state index contributed by atoms with van der Waals surface area (Å²) in [7, 11) is 0. The molecule has 2 rings (SSSR count). The van der Waals surface area contributed by atoms with Crippen LogP contribution in [-0.2, 0) is 19.4 Å². The molecule has 0 spiro atoms. The molecular formula is C15H18ClN3O. The number of aryl methyl sites for hydroxylation is 2. The Balaban J connectivity index is 2.25. The third-order valence-electron chi connectivity index (χ3n) is 3.23. The van der Waals surface area contributed by atoms with Crippen molar-refractivity contribution in [1.29, 1.82) is 0 Å². The summed E-state index contributed by atoms with van der Waals surface area (Å²) in [5.74, 6) is -0.0172. The summed E-state index contributed by atoms with van der Waals surface area (Å²) in [4.78, 5) is 12.3. The molecule has 5 heteroatoms. The van der Waals surface area contributed by atoms with Crippen LogP contribution in [0.3, 0.4) is 0 Å². The van der Waals surface area contributed by atoms with Gasteiger partial charge in [-0.15, -0.1) is 0 Å². The maximum absolute atomic E-state index is 12.3. The van der Waals surface area contributed by atoms with Crippen molar-refractivity contribution < 1.29 is 4.79 Å². The van der Waals surface area contributed by atoms with Crippen LogP contribution in [0.4, 0.5) is 5.69 Å². The number of ketones is 1. The number of hydrogen-bond acceptors (Lipinski definition) is 3. The second kappa shape index (κ2) is 6.09. The quantitative estimate of drug-likeness (QED) is 0.680. The lowest BCUT2D eigenvalue weighted by Crippen LogP contribution is -2.11. The monoisotopic (exact) mass is 291 g/mol. The van der Waals surface area contributed by atoms with E-state index in [4.69, 9.17) is 17.3 Å². The van der Waals surface area contributed by atoms with E-state index >= 15 is 0 Å². The van der Waals surface area contributed by atoms with Crippen molar-refractivity contribution >= 4 is 23.1 Å². The smallest absolute Gasteiger partial charge is 0.170 e. The number of anilines is 1. The SMILES string of the molecule is CCc1cc(CC(=O)c2ccc(Cl)cc2N)n(CC)n1. The second-order valence-corrected chi connectivity index (χ2v) is 5.06. The molecule has 2 aromatic rings. The predicted molar refractivity (Wildman–Crippen MR) is 81.2 cm³/mol. The van der Waals surface area contributed by atoms with E-state index < -0.39 is 0 Å². The normalized spacial score (nSPS) is 10.8. The molecule has 0 fully saturated rings. The van der Waals surface area contributed by atoms with Crippen molar-refractivity contribution in [3.63, 3.8) is 0 Å². The van der Waals surface area contributed by atoms with Gasteiger partial charge in [0.25, 0.3) is 0 Å². The number of nitrogen functional groups attached to an aromatic ring is 1. The van der Waals surface area contributed by atoms with Gasteiger partial charge < -0.3 is 5.73 Å². The molecule has 0 unspecified atom stereocenters. The van der Waals surface area contributed by atoms with Gasteiger partial charge >= 0.3 is 0 Å². The van der Waals surface area contributed by atoms with E-state index in [0.29, 0.717) is 22.7 Å². The van der Waals surface area contributed by atoms with Crippen molar-refractivity contribution in [2.45, 2.75) is 33.2 Å². The van der Waals surface area contributed by atoms with Gasteiger partial charge in [0.1, 0.15) is 0 Å². The maximum Gasteiger partial charge on any atom is 0.170 e. The first-order valence-corrected chi connectivity index (χ1v) is 7.06. The third-order valence-corrected chi connectivity index (χ3v) is 3.47. The largest absolute Gasteiger partial charge is 0.398 e. The van der Waals surface area contributed by atoms with Crippen molar-refractivity contribution in [3.05, 3.63) is 46.2 Å². The standard InChI is InChI=1S/C15H18ClN3O/c1-3-11-8-12(19(4-2)18-11)9-15(20)13-6-5-10(16)7-14(13)17/h5-8H,3-4,9,17H2,1-2H3. The zero-order valence-corrected chi connectivity index (χ0v) is 12.4. The van der Waals surface area contributed by atoms with Gasteiger partial charge in [0.05, 0.1) is 12.1 Å². The minimum Gasteiger partial charge on any atom is -0.398 e. The average Bonchev–Trinajstić information content (AvgIpc) is 2.80. The lowest BCUT2D eigenvalue weighted by atomic mass is 10.0. The lowest BCUT2D eigenvalue weighted by molar-refractivity contribution is 0.0991. The van der Waals surface area contributed by atoms with E-state index in [9.17, 15) is 4.79 Å². The first-order valence-electron chi connectivity index (χ1n) is 6.69. The molecule has 0 radical (unpaired) electrons. The van der Waals surface area contributed by atoms with Gasteiger partial charge in [0.15, 0.2) is 5.78 Å².